The summed E-state index contributed by atoms with van der Waals surface area (Å²) in [7, 11) is 0. The van der Waals surface area contributed by atoms with Crippen molar-refractivity contribution in [2.75, 3.05) is 0 Å². The van der Waals surface area contributed by atoms with Gasteiger partial charge in [-0.05, 0) is 12.0 Å². The second-order valence-electron chi connectivity index (χ2n) is 2.80. The third kappa shape index (κ3) is 1.41. The molecule has 0 aromatic carbocycles. The first-order valence-electron chi connectivity index (χ1n) is 3.36. The molecule has 0 saturated heterocycles. The van der Waals surface area contributed by atoms with Crippen LogP contribution in [-0.4, -0.2) is 28.8 Å². The van der Waals surface area contributed by atoms with Gasteiger partial charge in [-0.1, -0.05) is 6.58 Å². The number of halogens is 2. The molecular formula is C7H10F2O2. The molecule has 1 fully saturated rings. The Bertz CT molecular complexity index is 170. The largest absolute Gasteiger partial charge is 0.390 e. The smallest absolute Gasteiger partial charge is 0.244 e. The van der Waals surface area contributed by atoms with Crippen LogP contribution in [0.5, 0.6) is 0 Å². The van der Waals surface area contributed by atoms with E-state index >= 15 is 0 Å². The molecule has 0 aromatic heterocycles. The Morgan fingerprint density at radius 2 is 2.00 bits per heavy atom. The number of hydrogen-bond donors (Lipinski definition) is 2. The summed E-state index contributed by atoms with van der Waals surface area (Å²) in [6.45, 7) is 3.37. The topological polar surface area (TPSA) is 40.5 Å². The van der Waals surface area contributed by atoms with Crippen LogP contribution in [0.1, 0.15) is 6.42 Å². The minimum Gasteiger partial charge on any atom is -0.390 e. The zero-order valence-electron chi connectivity index (χ0n) is 5.87. The van der Waals surface area contributed by atoms with Crippen molar-refractivity contribution in [3.05, 3.63) is 12.2 Å². The molecule has 1 aliphatic carbocycles. The van der Waals surface area contributed by atoms with Gasteiger partial charge >= 0.3 is 0 Å². The highest BCUT2D eigenvalue weighted by atomic mass is 19.3. The van der Waals surface area contributed by atoms with Crippen molar-refractivity contribution in [2.45, 2.75) is 25.1 Å². The van der Waals surface area contributed by atoms with Crippen molar-refractivity contribution >= 4 is 0 Å². The van der Waals surface area contributed by atoms with Crippen molar-refractivity contribution in [1.29, 1.82) is 0 Å². The van der Waals surface area contributed by atoms with E-state index in [1.165, 1.54) is 0 Å². The maximum Gasteiger partial charge on any atom is 0.244 e. The van der Waals surface area contributed by atoms with E-state index in [1.54, 1.807) is 0 Å². The fourth-order valence-electron chi connectivity index (χ4n) is 1.26. The van der Waals surface area contributed by atoms with Gasteiger partial charge in [0, 0.05) is 0 Å². The molecule has 0 aromatic rings. The van der Waals surface area contributed by atoms with E-state index in [4.69, 9.17) is 10.2 Å². The monoisotopic (exact) mass is 164 g/mol. The van der Waals surface area contributed by atoms with Crippen LogP contribution in [0.25, 0.3) is 0 Å². The van der Waals surface area contributed by atoms with E-state index in [0.717, 1.165) is 0 Å². The molecule has 1 aliphatic rings. The van der Waals surface area contributed by atoms with Crippen LogP contribution >= 0.6 is 0 Å². The zero-order chi connectivity index (χ0) is 8.59. The second kappa shape index (κ2) is 2.87. The SMILES string of the molecule is C=C1C[C@H](C(F)F)[C@@H](O)[C@H]1O. The van der Waals surface area contributed by atoms with Gasteiger partial charge < -0.3 is 10.2 Å². The average molecular weight is 164 g/mol. The van der Waals surface area contributed by atoms with E-state index in [1.807, 2.05) is 0 Å². The zero-order valence-corrected chi connectivity index (χ0v) is 5.87. The van der Waals surface area contributed by atoms with Crippen molar-refractivity contribution < 1.29 is 19.0 Å². The Labute approximate surface area is 63.2 Å². The van der Waals surface area contributed by atoms with Crippen molar-refractivity contribution in [3.8, 4) is 0 Å². The van der Waals surface area contributed by atoms with Crippen LogP contribution in [-0.2, 0) is 0 Å². The Morgan fingerprint density at radius 3 is 2.18 bits per heavy atom. The molecule has 0 radical (unpaired) electrons. The van der Waals surface area contributed by atoms with Crippen LogP contribution in [0.3, 0.4) is 0 Å². The Balaban J connectivity index is 2.67. The molecule has 1 rings (SSSR count). The summed E-state index contributed by atoms with van der Waals surface area (Å²) in [6.07, 6.45) is -5.09. The minimum absolute atomic E-state index is 0.0139. The molecule has 0 bridgehead atoms. The lowest BCUT2D eigenvalue weighted by atomic mass is 10.1. The summed E-state index contributed by atoms with van der Waals surface area (Å²) in [6, 6.07) is 0. The molecule has 0 unspecified atom stereocenters. The van der Waals surface area contributed by atoms with Gasteiger partial charge in [0.25, 0.3) is 0 Å². The van der Waals surface area contributed by atoms with Crippen molar-refractivity contribution in [3.63, 3.8) is 0 Å². The van der Waals surface area contributed by atoms with E-state index in [0.29, 0.717) is 5.57 Å². The predicted molar refractivity (Wildman–Crippen MR) is 35.3 cm³/mol. The average Bonchev–Trinajstić information content (AvgIpc) is 2.17. The van der Waals surface area contributed by atoms with Crippen LogP contribution in [0.4, 0.5) is 8.78 Å². The van der Waals surface area contributed by atoms with Crippen molar-refractivity contribution in [2.24, 2.45) is 5.92 Å². The first-order valence-corrected chi connectivity index (χ1v) is 3.36. The van der Waals surface area contributed by atoms with E-state index in [-0.39, 0.29) is 6.42 Å². The van der Waals surface area contributed by atoms with Gasteiger partial charge in [-0.25, -0.2) is 8.78 Å². The fraction of sp³-hybridized carbons (Fsp3) is 0.714. The highest BCUT2D eigenvalue weighted by Crippen LogP contribution is 2.33. The molecule has 2 nitrogen and oxygen atoms in total. The maximum absolute atomic E-state index is 12.0. The molecule has 1 saturated carbocycles. The van der Waals surface area contributed by atoms with Gasteiger partial charge in [0.2, 0.25) is 6.43 Å². The van der Waals surface area contributed by atoms with Crippen LogP contribution < -0.4 is 0 Å². The maximum atomic E-state index is 12.0. The van der Waals surface area contributed by atoms with Gasteiger partial charge in [-0.15, -0.1) is 0 Å². The van der Waals surface area contributed by atoms with Crippen LogP contribution in [0.2, 0.25) is 0 Å². The number of aliphatic hydroxyl groups is 2. The lowest BCUT2D eigenvalue weighted by Gasteiger charge is -2.13. The Kier molecular flexibility index (Phi) is 2.25. The molecule has 0 heterocycles. The van der Waals surface area contributed by atoms with Gasteiger partial charge in [0.05, 0.1) is 12.0 Å². The summed E-state index contributed by atoms with van der Waals surface area (Å²) in [4.78, 5) is 0. The van der Waals surface area contributed by atoms with Crippen LogP contribution in [0.15, 0.2) is 12.2 Å². The molecule has 0 aliphatic heterocycles. The standard InChI is InChI=1S/C7H10F2O2/c1-3-2-4(7(8)9)6(11)5(3)10/h4-7,10-11H,1-2H2/t4-,5-,6+/m0/s1. The highest BCUT2D eigenvalue weighted by Gasteiger charge is 2.41. The molecule has 0 spiro atoms. The summed E-state index contributed by atoms with van der Waals surface area (Å²) in [5.74, 6) is -1.14. The molecule has 64 valence electrons. The van der Waals surface area contributed by atoms with Gasteiger partial charge in [-0.3, -0.25) is 0 Å². The van der Waals surface area contributed by atoms with Gasteiger partial charge in [0.1, 0.15) is 6.10 Å². The lowest BCUT2D eigenvalue weighted by molar-refractivity contribution is -0.0294. The molecule has 3 atom stereocenters. The third-order valence-electron chi connectivity index (χ3n) is 2.00. The van der Waals surface area contributed by atoms with E-state index in [2.05, 4.69) is 6.58 Å². The summed E-state index contributed by atoms with van der Waals surface area (Å²) < 4.78 is 24.0. The molecule has 0 amide bonds. The Hall–Kier alpha value is -0.480. The van der Waals surface area contributed by atoms with Crippen LogP contribution in [0, 0.1) is 5.92 Å². The molecule has 11 heavy (non-hydrogen) atoms. The van der Waals surface area contributed by atoms with E-state index in [9.17, 15) is 8.78 Å². The normalized spacial score (nSPS) is 38.6. The minimum atomic E-state index is -2.58. The summed E-state index contributed by atoms with van der Waals surface area (Å²) in [5, 5.41) is 18.0. The first-order chi connectivity index (χ1) is 5.04. The third-order valence-corrected chi connectivity index (χ3v) is 2.00. The second-order valence-corrected chi connectivity index (χ2v) is 2.80. The summed E-state index contributed by atoms with van der Waals surface area (Å²) >= 11 is 0. The Morgan fingerprint density at radius 1 is 1.45 bits per heavy atom. The number of rotatable bonds is 1. The summed E-state index contributed by atoms with van der Waals surface area (Å²) in [5.41, 5.74) is 0.294. The van der Waals surface area contributed by atoms with Crippen molar-refractivity contribution in [1.82, 2.24) is 0 Å². The van der Waals surface area contributed by atoms with E-state index < -0.39 is 24.6 Å². The number of hydrogen-bond acceptors (Lipinski definition) is 2. The fourth-order valence-corrected chi connectivity index (χ4v) is 1.26. The van der Waals surface area contributed by atoms with Gasteiger partial charge in [0.15, 0.2) is 0 Å². The quantitative estimate of drug-likeness (QED) is 0.555. The first kappa shape index (κ1) is 8.62. The molecular weight excluding hydrogens is 154 g/mol. The van der Waals surface area contributed by atoms with Gasteiger partial charge in [-0.2, -0.15) is 0 Å². The highest BCUT2D eigenvalue weighted by molar-refractivity contribution is 5.14. The number of aliphatic hydroxyl groups excluding tert-OH is 2. The number of alkyl halides is 2. The molecule has 2 N–H and O–H groups in total. The molecule has 4 heteroatoms. The predicted octanol–water partition coefficient (Wildman–Crippen LogP) is 0.549. The lowest BCUT2D eigenvalue weighted by Crippen LogP contribution is -2.29.